The van der Waals surface area contributed by atoms with Crippen molar-refractivity contribution in [3.63, 3.8) is 0 Å². The van der Waals surface area contributed by atoms with E-state index in [1.165, 1.54) is 54.7 Å². The number of anilines is 3. The average molecular weight is 570 g/mol. The number of benzene rings is 2. The molecule has 13 heteroatoms. The van der Waals surface area contributed by atoms with Crippen molar-refractivity contribution in [2.75, 3.05) is 21.5 Å². The third kappa shape index (κ3) is 6.24. The van der Waals surface area contributed by atoms with Gasteiger partial charge in [-0.2, -0.15) is 0 Å². The fourth-order valence-corrected chi connectivity index (χ4v) is 4.71. The first-order chi connectivity index (χ1) is 18.6. The van der Waals surface area contributed by atoms with E-state index in [4.69, 9.17) is 16.3 Å². The maximum atomic E-state index is 13.1. The average Bonchev–Trinajstić information content (AvgIpc) is 3.11. The number of esters is 1. The summed E-state index contributed by atoms with van der Waals surface area (Å²) in [4.78, 5) is 47.0. The second-order valence-corrected chi connectivity index (χ2v) is 10.5. The van der Waals surface area contributed by atoms with E-state index in [1.54, 1.807) is 13.0 Å². The van der Waals surface area contributed by atoms with Gasteiger partial charge in [0.05, 0.1) is 22.8 Å². The molecule has 0 saturated heterocycles. The van der Waals surface area contributed by atoms with Crippen LogP contribution in [-0.4, -0.2) is 42.8 Å². The Bertz CT molecular complexity index is 1570. The Balaban J connectivity index is 1.48. The van der Waals surface area contributed by atoms with Crippen molar-refractivity contribution in [1.82, 2.24) is 9.97 Å². The summed E-state index contributed by atoms with van der Waals surface area (Å²) in [5, 5.41) is 2.43. The minimum atomic E-state index is -3.98. The summed E-state index contributed by atoms with van der Waals surface area (Å²) in [6.07, 6.45) is 3.01. The molecule has 4 rings (SSSR count). The second-order valence-electron chi connectivity index (χ2n) is 8.45. The number of carbonyl (C=O) groups excluding carboxylic acids is 3. The van der Waals surface area contributed by atoms with Crippen molar-refractivity contribution in [2.24, 2.45) is 0 Å². The van der Waals surface area contributed by atoms with Crippen LogP contribution >= 0.6 is 11.6 Å². The van der Waals surface area contributed by atoms with Gasteiger partial charge in [-0.25, -0.2) is 32.8 Å². The molecule has 39 heavy (non-hydrogen) atoms. The van der Waals surface area contributed by atoms with Crippen molar-refractivity contribution in [3.05, 3.63) is 82.8 Å². The highest BCUT2D eigenvalue weighted by Crippen LogP contribution is 2.31. The minimum Gasteiger partial charge on any atom is -0.462 e. The number of amides is 2. The lowest BCUT2D eigenvalue weighted by Gasteiger charge is -2.16. The third-order valence-corrected chi connectivity index (χ3v) is 7.25. The van der Waals surface area contributed by atoms with Crippen molar-refractivity contribution >= 4 is 56.7 Å². The fourth-order valence-electron chi connectivity index (χ4n) is 3.55. The number of halogens is 1. The van der Waals surface area contributed by atoms with Gasteiger partial charge in [0.1, 0.15) is 10.7 Å². The van der Waals surface area contributed by atoms with E-state index in [0.717, 1.165) is 11.3 Å². The van der Waals surface area contributed by atoms with Gasteiger partial charge in [-0.1, -0.05) is 31.0 Å². The number of aryl methyl sites for hydroxylation is 1. The molecular weight excluding hydrogens is 546 g/mol. The van der Waals surface area contributed by atoms with E-state index in [9.17, 15) is 22.8 Å². The number of sulfonamides is 1. The summed E-state index contributed by atoms with van der Waals surface area (Å²) in [6.45, 7) is 3.94. The first-order valence-corrected chi connectivity index (χ1v) is 13.7. The molecule has 1 aromatic heterocycles. The normalized spacial score (nSPS) is 13.6. The van der Waals surface area contributed by atoms with Crippen LogP contribution in [0.25, 0.3) is 0 Å². The van der Waals surface area contributed by atoms with E-state index in [-0.39, 0.29) is 39.4 Å². The number of rotatable bonds is 10. The maximum absolute atomic E-state index is 13.1. The van der Waals surface area contributed by atoms with Crippen LogP contribution in [0, 0.1) is 6.92 Å². The molecule has 3 aromatic rings. The molecule has 1 aliphatic heterocycles. The Kier molecular flexibility index (Phi) is 8.27. The van der Waals surface area contributed by atoms with Crippen LogP contribution in [0.3, 0.4) is 0 Å². The summed E-state index contributed by atoms with van der Waals surface area (Å²) in [5.41, 5.74) is 1.04. The quantitative estimate of drug-likeness (QED) is 0.210. The number of unbranched alkanes of at least 4 members (excludes halogenated alkanes) is 1. The van der Waals surface area contributed by atoms with Crippen molar-refractivity contribution in [2.45, 2.75) is 31.6 Å². The van der Waals surface area contributed by atoms with Gasteiger partial charge >= 0.3 is 5.97 Å². The van der Waals surface area contributed by atoms with E-state index in [1.807, 2.05) is 6.92 Å². The number of ether oxygens (including phenoxy) is 1. The van der Waals surface area contributed by atoms with Crippen LogP contribution in [0.1, 0.15) is 35.8 Å². The molecule has 0 unspecified atom stereocenters. The van der Waals surface area contributed by atoms with Gasteiger partial charge in [-0.05, 0) is 61.9 Å². The van der Waals surface area contributed by atoms with Gasteiger partial charge in [0.2, 0.25) is 5.95 Å². The number of hydrogen-bond acceptors (Lipinski definition) is 9. The molecule has 2 amide bonds. The van der Waals surface area contributed by atoms with Crippen LogP contribution in [0.5, 0.6) is 0 Å². The zero-order valence-corrected chi connectivity index (χ0v) is 22.5. The van der Waals surface area contributed by atoms with Crippen LogP contribution in [-0.2, 0) is 24.3 Å². The molecule has 0 radical (unpaired) electrons. The van der Waals surface area contributed by atoms with Crippen LogP contribution < -0.4 is 14.9 Å². The minimum absolute atomic E-state index is 0.0670. The van der Waals surface area contributed by atoms with E-state index < -0.39 is 27.8 Å². The molecule has 11 nitrogen and oxygen atoms in total. The second kappa shape index (κ2) is 11.6. The summed E-state index contributed by atoms with van der Waals surface area (Å²) in [5.74, 6) is -2.15. The number of hydrogen-bond donors (Lipinski definition) is 2. The van der Waals surface area contributed by atoms with Gasteiger partial charge < -0.3 is 10.1 Å². The fraction of sp³-hybridized carbons (Fsp3) is 0.192. The van der Waals surface area contributed by atoms with Gasteiger partial charge in [-0.15, -0.1) is 0 Å². The smallest absolute Gasteiger partial charge is 0.338 e. The molecule has 0 atom stereocenters. The predicted octanol–water partition coefficient (Wildman–Crippen LogP) is 3.98. The van der Waals surface area contributed by atoms with Gasteiger partial charge in [0.25, 0.3) is 21.8 Å². The molecule has 0 spiro atoms. The SMILES string of the molecule is CCCCOC(=O)c1cccc(N2C(=O)C(Cl)=C(Nc3ccc(S(=O)(=O)Nc4nccc(C)n4)cc3)C2=O)c1. The largest absolute Gasteiger partial charge is 0.462 e. The lowest BCUT2D eigenvalue weighted by Crippen LogP contribution is -2.32. The van der Waals surface area contributed by atoms with Crippen molar-refractivity contribution < 1.29 is 27.5 Å². The molecule has 2 N–H and O–H groups in total. The number of nitrogens with zero attached hydrogens (tertiary/aromatic N) is 3. The first-order valence-electron chi connectivity index (χ1n) is 11.9. The first kappa shape index (κ1) is 27.7. The number of carbonyl (C=O) groups is 3. The molecule has 2 heterocycles. The molecule has 0 saturated carbocycles. The molecule has 0 aliphatic carbocycles. The van der Waals surface area contributed by atoms with Crippen LogP contribution in [0.2, 0.25) is 0 Å². The van der Waals surface area contributed by atoms with Crippen molar-refractivity contribution in [1.29, 1.82) is 0 Å². The number of aromatic nitrogens is 2. The Morgan fingerprint density at radius 3 is 2.51 bits per heavy atom. The summed E-state index contributed by atoms with van der Waals surface area (Å²) < 4.78 is 32.9. The Labute approximate surface area is 229 Å². The van der Waals surface area contributed by atoms with Gasteiger partial charge in [0, 0.05) is 17.6 Å². The highest BCUT2D eigenvalue weighted by atomic mass is 35.5. The molecule has 0 bridgehead atoms. The Hall–Kier alpha value is -4.29. The summed E-state index contributed by atoms with van der Waals surface area (Å²) in [6, 6.07) is 13.0. The highest BCUT2D eigenvalue weighted by Gasteiger charge is 2.39. The number of imide groups is 1. The third-order valence-electron chi connectivity index (χ3n) is 5.55. The molecule has 2 aromatic carbocycles. The number of nitrogens with one attached hydrogen (secondary N) is 2. The van der Waals surface area contributed by atoms with E-state index >= 15 is 0 Å². The van der Waals surface area contributed by atoms with Gasteiger partial charge in [-0.3, -0.25) is 9.59 Å². The highest BCUT2D eigenvalue weighted by molar-refractivity contribution is 7.92. The van der Waals surface area contributed by atoms with Crippen LogP contribution in [0.4, 0.5) is 17.3 Å². The van der Waals surface area contributed by atoms with Crippen LogP contribution in [0.15, 0.2) is 76.4 Å². The lowest BCUT2D eigenvalue weighted by atomic mass is 10.2. The predicted molar refractivity (Wildman–Crippen MR) is 145 cm³/mol. The molecule has 0 fully saturated rings. The molecular formula is C26H24ClN5O6S. The topological polar surface area (TPSA) is 148 Å². The summed E-state index contributed by atoms with van der Waals surface area (Å²) in [7, 11) is -3.98. The Morgan fingerprint density at radius 2 is 1.82 bits per heavy atom. The van der Waals surface area contributed by atoms with Crippen molar-refractivity contribution in [3.8, 4) is 0 Å². The standard InChI is InChI=1S/C26H24ClN5O6S/c1-3-4-14-38-25(35)17-6-5-7-19(15-17)32-23(33)21(27)22(24(32)34)30-18-8-10-20(11-9-18)39(36,37)31-26-28-13-12-16(2)29-26/h5-13,15,30H,3-4,14H2,1-2H3,(H,28,29,31). The zero-order chi connectivity index (χ0) is 28.2. The van der Waals surface area contributed by atoms with Gasteiger partial charge in [0.15, 0.2) is 0 Å². The summed E-state index contributed by atoms with van der Waals surface area (Å²) >= 11 is 6.21. The molecule has 1 aliphatic rings. The lowest BCUT2D eigenvalue weighted by molar-refractivity contribution is -0.120. The Morgan fingerprint density at radius 1 is 1.08 bits per heavy atom. The monoisotopic (exact) mass is 569 g/mol. The maximum Gasteiger partial charge on any atom is 0.338 e. The van der Waals surface area contributed by atoms with E-state index in [0.29, 0.717) is 17.8 Å². The zero-order valence-electron chi connectivity index (χ0n) is 21.0. The molecule has 202 valence electrons. The van der Waals surface area contributed by atoms with E-state index in [2.05, 4.69) is 20.0 Å².